The molecule has 0 heterocycles. The van der Waals surface area contributed by atoms with Crippen molar-refractivity contribution in [3.05, 3.63) is 0 Å². The van der Waals surface area contributed by atoms with Crippen LogP contribution in [0, 0.1) is 0 Å². The third-order valence-corrected chi connectivity index (χ3v) is 4.40. The van der Waals surface area contributed by atoms with Crippen molar-refractivity contribution < 1.29 is 4.79 Å². The minimum absolute atomic E-state index is 0.0608. The molecule has 0 aromatic carbocycles. The van der Waals surface area contributed by atoms with Gasteiger partial charge in [0.05, 0.1) is 0 Å². The molecular formula is C14H30N4O. The number of hydrogen-bond donors (Lipinski definition) is 2. The normalized spacial score (nSPS) is 17.6. The molecule has 0 bridgehead atoms. The van der Waals surface area contributed by atoms with Crippen molar-refractivity contribution in [2.45, 2.75) is 50.5 Å². The molecule has 19 heavy (non-hydrogen) atoms. The fourth-order valence-corrected chi connectivity index (χ4v) is 2.83. The average Bonchev–Trinajstić information content (AvgIpc) is 2.32. The van der Waals surface area contributed by atoms with Crippen LogP contribution in [0.2, 0.25) is 0 Å². The second-order valence-electron chi connectivity index (χ2n) is 6.09. The quantitative estimate of drug-likeness (QED) is 0.283. The lowest BCUT2D eigenvalue weighted by molar-refractivity contribution is -0.121. The first kappa shape index (κ1) is 16.4. The summed E-state index contributed by atoms with van der Waals surface area (Å²) in [6.45, 7) is 2.27. The summed E-state index contributed by atoms with van der Waals surface area (Å²) >= 11 is 0. The number of carbonyl (C=O) groups excluding carboxylic acids is 1. The number of hydrogen-bond acceptors (Lipinski definition) is 4. The van der Waals surface area contributed by atoms with Crippen LogP contribution in [-0.4, -0.2) is 55.5 Å². The first-order chi connectivity index (χ1) is 9.00. The Morgan fingerprint density at radius 3 is 2.37 bits per heavy atom. The molecule has 0 radical (unpaired) electrons. The van der Waals surface area contributed by atoms with E-state index in [1.54, 1.807) is 0 Å². The minimum Gasteiger partial charge on any atom is -0.305 e. The van der Waals surface area contributed by atoms with Crippen LogP contribution in [0.15, 0.2) is 0 Å². The van der Waals surface area contributed by atoms with E-state index in [1.807, 2.05) is 0 Å². The topological polar surface area (TPSA) is 61.6 Å². The molecule has 112 valence electrons. The maximum atomic E-state index is 11.0. The fourth-order valence-electron chi connectivity index (χ4n) is 2.83. The summed E-state index contributed by atoms with van der Waals surface area (Å²) in [6.07, 6.45) is 7.71. The van der Waals surface area contributed by atoms with E-state index in [0.29, 0.717) is 12.0 Å². The van der Waals surface area contributed by atoms with E-state index in [4.69, 9.17) is 5.84 Å². The summed E-state index contributed by atoms with van der Waals surface area (Å²) in [5.74, 6) is 4.98. The van der Waals surface area contributed by atoms with Gasteiger partial charge in [-0.3, -0.25) is 10.2 Å². The van der Waals surface area contributed by atoms with Gasteiger partial charge < -0.3 is 9.80 Å². The molecule has 0 unspecified atom stereocenters. The zero-order valence-electron chi connectivity index (χ0n) is 12.7. The second kappa shape index (κ2) is 7.82. The Balaban J connectivity index is 2.11. The van der Waals surface area contributed by atoms with Crippen molar-refractivity contribution >= 4 is 5.91 Å². The van der Waals surface area contributed by atoms with Gasteiger partial charge in [-0.05, 0) is 59.8 Å². The Morgan fingerprint density at radius 1 is 1.21 bits per heavy atom. The summed E-state index contributed by atoms with van der Waals surface area (Å²) in [6, 6.07) is 0. The molecule has 0 atom stereocenters. The summed E-state index contributed by atoms with van der Waals surface area (Å²) in [5.41, 5.74) is 2.58. The first-order valence-electron chi connectivity index (χ1n) is 7.35. The Bertz CT molecular complexity index is 277. The Morgan fingerprint density at radius 2 is 1.89 bits per heavy atom. The fraction of sp³-hybridized carbons (Fsp3) is 0.929. The van der Waals surface area contributed by atoms with E-state index >= 15 is 0 Å². The largest absolute Gasteiger partial charge is 0.305 e. The van der Waals surface area contributed by atoms with Gasteiger partial charge in [-0.2, -0.15) is 0 Å². The number of unbranched alkanes of at least 4 members (excludes halogenated alkanes) is 2. The maximum absolute atomic E-state index is 11.0. The Hall–Kier alpha value is -0.650. The standard InChI is InChI=1S/C14H30N4O/c1-17(2)14(9-7-10-14)12-18(3)11-6-4-5-8-13(19)16-15/h4-12,15H2,1-3H3,(H,16,19). The molecule has 0 aromatic heterocycles. The van der Waals surface area contributed by atoms with E-state index in [2.05, 4.69) is 36.4 Å². The molecule has 1 fully saturated rings. The predicted octanol–water partition coefficient (Wildman–Crippen LogP) is 0.953. The second-order valence-corrected chi connectivity index (χ2v) is 6.09. The van der Waals surface area contributed by atoms with Gasteiger partial charge >= 0.3 is 0 Å². The van der Waals surface area contributed by atoms with Crippen molar-refractivity contribution in [3.8, 4) is 0 Å². The molecule has 5 heteroatoms. The van der Waals surface area contributed by atoms with E-state index in [-0.39, 0.29) is 5.91 Å². The number of carbonyl (C=O) groups is 1. The lowest BCUT2D eigenvalue weighted by Gasteiger charge is -2.49. The van der Waals surface area contributed by atoms with Gasteiger partial charge in [0.2, 0.25) is 5.91 Å². The van der Waals surface area contributed by atoms with Crippen LogP contribution in [0.1, 0.15) is 44.9 Å². The van der Waals surface area contributed by atoms with Crippen molar-refractivity contribution in [3.63, 3.8) is 0 Å². The van der Waals surface area contributed by atoms with Crippen LogP contribution < -0.4 is 11.3 Å². The van der Waals surface area contributed by atoms with Gasteiger partial charge in [0.15, 0.2) is 0 Å². The van der Waals surface area contributed by atoms with Crippen LogP contribution in [0.3, 0.4) is 0 Å². The van der Waals surface area contributed by atoms with Crippen molar-refractivity contribution in [2.75, 3.05) is 34.2 Å². The highest BCUT2D eigenvalue weighted by Gasteiger charge is 2.39. The average molecular weight is 270 g/mol. The van der Waals surface area contributed by atoms with Crippen LogP contribution in [0.25, 0.3) is 0 Å². The Labute approximate surface area is 117 Å². The molecule has 1 rings (SSSR count). The summed E-state index contributed by atoms with van der Waals surface area (Å²) in [4.78, 5) is 15.8. The van der Waals surface area contributed by atoms with Crippen molar-refractivity contribution in [1.82, 2.24) is 15.2 Å². The number of amides is 1. The molecule has 1 saturated carbocycles. The number of nitrogens with one attached hydrogen (secondary N) is 1. The number of nitrogens with two attached hydrogens (primary N) is 1. The van der Waals surface area contributed by atoms with Gasteiger partial charge in [0.1, 0.15) is 0 Å². The van der Waals surface area contributed by atoms with E-state index in [1.165, 1.54) is 19.3 Å². The molecule has 1 aliphatic carbocycles. The number of likely N-dealkylation sites (N-methyl/N-ethyl adjacent to an activating group) is 2. The molecule has 0 saturated heterocycles. The smallest absolute Gasteiger partial charge is 0.233 e. The third-order valence-electron chi connectivity index (χ3n) is 4.40. The van der Waals surface area contributed by atoms with Crippen LogP contribution in [0.4, 0.5) is 0 Å². The molecule has 1 amide bonds. The highest BCUT2D eigenvalue weighted by molar-refractivity contribution is 5.74. The molecule has 0 spiro atoms. The highest BCUT2D eigenvalue weighted by Crippen LogP contribution is 2.36. The maximum Gasteiger partial charge on any atom is 0.233 e. The molecular weight excluding hydrogens is 240 g/mol. The van der Waals surface area contributed by atoms with E-state index in [9.17, 15) is 4.79 Å². The van der Waals surface area contributed by atoms with Gasteiger partial charge in [0.25, 0.3) is 0 Å². The third kappa shape index (κ3) is 5.09. The van der Waals surface area contributed by atoms with Crippen LogP contribution in [0.5, 0.6) is 0 Å². The van der Waals surface area contributed by atoms with E-state index < -0.39 is 0 Å². The monoisotopic (exact) mass is 270 g/mol. The number of nitrogens with zero attached hydrogens (tertiary/aromatic N) is 2. The van der Waals surface area contributed by atoms with Gasteiger partial charge in [0, 0.05) is 18.5 Å². The lowest BCUT2D eigenvalue weighted by atomic mass is 9.75. The predicted molar refractivity (Wildman–Crippen MR) is 78.6 cm³/mol. The van der Waals surface area contributed by atoms with Gasteiger partial charge in [-0.25, -0.2) is 5.84 Å². The zero-order valence-corrected chi connectivity index (χ0v) is 12.7. The highest BCUT2D eigenvalue weighted by atomic mass is 16.2. The molecule has 1 aliphatic rings. The summed E-state index contributed by atoms with van der Waals surface area (Å²) in [7, 11) is 6.59. The molecule has 3 N–H and O–H groups in total. The molecule has 0 aliphatic heterocycles. The van der Waals surface area contributed by atoms with Crippen LogP contribution >= 0.6 is 0 Å². The first-order valence-corrected chi connectivity index (χ1v) is 7.35. The minimum atomic E-state index is -0.0608. The zero-order chi connectivity index (χ0) is 14.3. The molecule has 5 nitrogen and oxygen atoms in total. The SMILES string of the molecule is CN(CCCCCC(=O)NN)CC1(N(C)C)CCC1. The number of rotatable bonds is 9. The van der Waals surface area contributed by atoms with Gasteiger partial charge in [-0.1, -0.05) is 6.42 Å². The summed E-state index contributed by atoms with van der Waals surface area (Å²) in [5, 5.41) is 0. The molecule has 0 aromatic rings. The van der Waals surface area contributed by atoms with Crippen molar-refractivity contribution in [2.24, 2.45) is 5.84 Å². The van der Waals surface area contributed by atoms with Crippen LogP contribution in [-0.2, 0) is 4.79 Å². The van der Waals surface area contributed by atoms with E-state index in [0.717, 1.165) is 32.4 Å². The lowest BCUT2D eigenvalue weighted by Crippen LogP contribution is -2.56. The Kier molecular flexibility index (Phi) is 6.75. The van der Waals surface area contributed by atoms with Gasteiger partial charge in [-0.15, -0.1) is 0 Å². The van der Waals surface area contributed by atoms with Crippen molar-refractivity contribution in [1.29, 1.82) is 0 Å². The summed E-state index contributed by atoms with van der Waals surface area (Å²) < 4.78 is 0. The number of hydrazine groups is 1.